The Bertz CT molecular complexity index is 982. The number of carbonyl (C=O) groups is 2. The van der Waals surface area contributed by atoms with Crippen LogP contribution in [-0.4, -0.2) is 37.0 Å². The summed E-state index contributed by atoms with van der Waals surface area (Å²) in [6, 6.07) is 6.00. The van der Waals surface area contributed by atoms with E-state index in [2.05, 4.69) is 12.4 Å². The largest absolute Gasteiger partial charge is 0.462 e. The predicted molar refractivity (Wildman–Crippen MR) is 110 cm³/mol. The van der Waals surface area contributed by atoms with Crippen molar-refractivity contribution < 1.29 is 24.1 Å². The van der Waals surface area contributed by atoms with Crippen LogP contribution in [0.5, 0.6) is 0 Å². The number of likely N-dealkylation sites (N-methyl/N-ethyl adjacent to an activating group) is 1. The first-order chi connectivity index (χ1) is 13.9. The predicted octanol–water partition coefficient (Wildman–Crippen LogP) is 2.06. The molecule has 0 bridgehead atoms. The lowest BCUT2D eigenvalue weighted by atomic mass is 10.0. The number of nitro groups is 1. The van der Waals surface area contributed by atoms with Crippen LogP contribution in [0.2, 0.25) is 0 Å². The number of anilines is 1. The highest BCUT2D eigenvalue weighted by Gasteiger charge is 2.29. The lowest BCUT2D eigenvalue weighted by molar-refractivity contribution is -0.895. The lowest BCUT2D eigenvalue weighted by Gasteiger charge is -2.19. The number of nitrogens with one attached hydrogen (secondary N) is 2. The Hall–Kier alpha value is -3.04. The zero-order valence-corrected chi connectivity index (χ0v) is 17.0. The minimum absolute atomic E-state index is 0.0466. The van der Waals surface area contributed by atoms with Crippen molar-refractivity contribution in [3.05, 3.63) is 62.0 Å². The molecule has 1 atom stereocenters. The van der Waals surface area contributed by atoms with Crippen LogP contribution in [0, 0.1) is 10.1 Å². The molecule has 1 aliphatic heterocycles. The third kappa shape index (κ3) is 4.87. The molecule has 0 saturated heterocycles. The van der Waals surface area contributed by atoms with Crippen LogP contribution < -0.4 is 10.2 Å². The maximum atomic E-state index is 12.5. The number of benzene rings is 1. The SMILES string of the molecule is CCOC(=O)c1c(NC(=O)C=Cc2cccc([N+](=O)[O-])c2)sc2c1CC[NH+](C)C2. The van der Waals surface area contributed by atoms with Crippen LogP contribution in [0.4, 0.5) is 10.7 Å². The quantitative estimate of drug-likeness (QED) is 0.325. The van der Waals surface area contributed by atoms with E-state index in [-0.39, 0.29) is 12.3 Å². The summed E-state index contributed by atoms with van der Waals surface area (Å²) in [6.45, 7) is 3.71. The van der Waals surface area contributed by atoms with E-state index in [9.17, 15) is 19.7 Å². The van der Waals surface area contributed by atoms with E-state index in [4.69, 9.17) is 4.74 Å². The number of quaternary nitrogens is 1. The number of esters is 1. The van der Waals surface area contributed by atoms with E-state index in [0.29, 0.717) is 16.1 Å². The molecule has 2 N–H and O–H groups in total. The summed E-state index contributed by atoms with van der Waals surface area (Å²) in [5.41, 5.74) is 1.89. The third-order valence-electron chi connectivity index (χ3n) is 4.58. The van der Waals surface area contributed by atoms with Gasteiger partial charge in [-0.3, -0.25) is 14.9 Å². The van der Waals surface area contributed by atoms with Crippen molar-refractivity contribution >= 4 is 40.0 Å². The standard InChI is InChI=1S/C20H21N3O5S/c1-3-28-20(25)18-15-9-10-22(2)12-16(15)29-19(18)21-17(24)8-7-13-5-4-6-14(11-13)23(26)27/h4-8,11H,3,9-10,12H2,1-2H3,(H,21,24)/p+1. The van der Waals surface area contributed by atoms with E-state index in [1.165, 1.54) is 40.5 Å². The van der Waals surface area contributed by atoms with Crippen LogP contribution in [-0.2, 0) is 22.5 Å². The topological polar surface area (TPSA) is 103 Å². The Labute approximate surface area is 171 Å². The van der Waals surface area contributed by atoms with Crippen LogP contribution in [0.15, 0.2) is 30.3 Å². The summed E-state index contributed by atoms with van der Waals surface area (Å²) in [5.74, 6) is -0.844. The zero-order chi connectivity index (χ0) is 21.0. The Morgan fingerprint density at radius 2 is 2.21 bits per heavy atom. The molecule has 1 aromatic heterocycles. The van der Waals surface area contributed by atoms with E-state index < -0.39 is 16.8 Å². The summed E-state index contributed by atoms with van der Waals surface area (Å²) < 4.78 is 5.19. The number of thiophene rings is 1. The van der Waals surface area contributed by atoms with Gasteiger partial charge in [0, 0.05) is 24.6 Å². The Balaban J connectivity index is 1.82. The average Bonchev–Trinajstić information content (AvgIpc) is 3.03. The van der Waals surface area contributed by atoms with Gasteiger partial charge in [0.1, 0.15) is 11.5 Å². The maximum absolute atomic E-state index is 12.5. The fourth-order valence-corrected chi connectivity index (χ4v) is 4.55. The number of hydrogen-bond donors (Lipinski definition) is 2. The molecule has 0 spiro atoms. The highest BCUT2D eigenvalue weighted by molar-refractivity contribution is 7.17. The molecule has 0 aliphatic carbocycles. The normalized spacial score (nSPS) is 15.7. The summed E-state index contributed by atoms with van der Waals surface area (Å²) >= 11 is 1.40. The minimum atomic E-state index is -0.488. The number of ether oxygens (including phenoxy) is 1. The molecular formula is C20H22N3O5S+. The number of amides is 1. The molecule has 1 unspecified atom stereocenters. The van der Waals surface area contributed by atoms with Gasteiger partial charge >= 0.3 is 5.97 Å². The van der Waals surface area contributed by atoms with Crippen molar-refractivity contribution in [2.24, 2.45) is 0 Å². The van der Waals surface area contributed by atoms with Gasteiger partial charge in [-0.05, 0) is 24.1 Å². The third-order valence-corrected chi connectivity index (χ3v) is 5.73. The monoisotopic (exact) mass is 416 g/mol. The molecule has 8 nitrogen and oxygen atoms in total. The molecule has 152 valence electrons. The molecule has 3 rings (SSSR count). The first-order valence-electron chi connectivity index (χ1n) is 9.25. The molecule has 29 heavy (non-hydrogen) atoms. The van der Waals surface area contributed by atoms with E-state index in [0.717, 1.165) is 30.0 Å². The zero-order valence-electron chi connectivity index (χ0n) is 16.2. The summed E-state index contributed by atoms with van der Waals surface area (Å²) in [4.78, 5) is 37.7. The molecule has 1 aromatic carbocycles. The molecular weight excluding hydrogens is 394 g/mol. The number of rotatable bonds is 6. The van der Waals surface area contributed by atoms with E-state index in [1.54, 1.807) is 19.1 Å². The highest BCUT2D eigenvalue weighted by Crippen LogP contribution is 2.35. The summed E-state index contributed by atoms with van der Waals surface area (Å²) in [5, 5.41) is 14.1. The van der Waals surface area contributed by atoms with Crippen molar-refractivity contribution in [3.63, 3.8) is 0 Å². The van der Waals surface area contributed by atoms with Crippen LogP contribution in [0.3, 0.4) is 0 Å². The molecule has 1 aliphatic rings. The van der Waals surface area contributed by atoms with Crippen molar-refractivity contribution in [2.45, 2.75) is 19.9 Å². The summed E-state index contributed by atoms with van der Waals surface area (Å²) in [7, 11) is 2.09. The maximum Gasteiger partial charge on any atom is 0.341 e. The molecule has 9 heteroatoms. The van der Waals surface area contributed by atoms with Gasteiger partial charge < -0.3 is 15.0 Å². The number of nitrogens with zero attached hydrogens (tertiary/aromatic N) is 1. The fourth-order valence-electron chi connectivity index (χ4n) is 3.20. The molecule has 2 aromatic rings. The van der Waals surface area contributed by atoms with E-state index in [1.807, 2.05) is 0 Å². The second kappa shape index (κ2) is 8.97. The lowest BCUT2D eigenvalue weighted by Crippen LogP contribution is -3.08. The molecule has 0 radical (unpaired) electrons. The van der Waals surface area contributed by atoms with Gasteiger partial charge in [-0.25, -0.2) is 4.79 Å². The van der Waals surface area contributed by atoms with E-state index >= 15 is 0 Å². The van der Waals surface area contributed by atoms with Crippen molar-refractivity contribution in [3.8, 4) is 0 Å². The molecule has 2 heterocycles. The van der Waals surface area contributed by atoms with Gasteiger partial charge in [0.15, 0.2) is 0 Å². The molecule has 0 saturated carbocycles. The van der Waals surface area contributed by atoms with Gasteiger partial charge in [0.2, 0.25) is 5.91 Å². The Kier molecular flexibility index (Phi) is 6.40. The molecule has 0 fully saturated rings. The number of fused-ring (bicyclic) bond motifs is 1. The van der Waals surface area contributed by atoms with Crippen LogP contribution in [0.1, 0.15) is 33.3 Å². The van der Waals surface area contributed by atoms with Crippen molar-refractivity contribution in [1.82, 2.24) is 0 Å². The van der Waals surface area contributed by atoms with Gasteiger partial charge in [-0.2, -0.15) is 0 Å². The number of non-ortho nitro benzene ring substituents is 1. The molecule has 1 amide bonds. The first-order valence-corrected chi connectivity index (χ1v) is 10.1. The minimum Gasteiger partial charge on any atom is -0.462 e. The number of carbonyl (C=O) groups excluding carboxylic acids is 2. The first kappa shape index (κ1) is 20.7. The Morgan fingerprint density at radius 3 is 2.93 bits per heavy atom. The Morgan fingerprint density at radius 1 is 1.41 bits per heavy atom. The van der Waals surface area contributed by atoms with Gasteiger partial charge in [-0.15, -0.1) is 11.3 Å². The van der Waals surface area contributed by atoms with Crippen LogP contribution in [0.25, 0.3) is 6.08 Å². The average molecular weight is 416 g/mol. The van der Waals surface area contributed by atoms with Gasteiger partial charge in [0.25, 0.3) is 5.69 Å². The van der Waals surface area contributed by atoms with Crippen LogP contribution >= 0.6 is 11.3 Å². The summed E-state index contributed by atoms with van der Waals surface area (Å²) in [6.07, 6.45) is 3.55. The van der Waals surface area contributed by atoms with Crippen molar-refractivity contribution in [2.75, 3.05) is 25.5 Å². The van der Waals surface area contributed by atoms with Gasteiger partial charge in [-0.1, -0.05) is 12.1 Å². The van der Waals surface area contributed by atoms with Gasteiger partial charge in [0.05, 0.1) is 35.6 Å². The number of hydrogen-bond acceptors (Lipinski definition) is 6. The van der Waals surface area contributed by atoms with Crippen molar-refractivity contribution in [1.29, 1.82) is 0 Å². The smallest absolute Gasteiger partial charge is 0.341 e. The highest BCUT2D eigenvalue weighted by atomic mass is 32.1. The second-order valence-corrected chi connectivity index (χ2v) is 7.84. The second-order valence-electron chi connectivity index (χ2n) is 6.74. The fraction of sp³-hybridized carbons (Fsp3) is 0.300. The number of nitro benzene ring substituents is 1.